The summed E-state index contributed by atoms with van der Waals surface area (Å²) < 4.78 is 6.05. The number of primary amides is 1. The molecule has 1 aliphatic heterocycles. The number of carbonyl (C=O) groups excluding carboxylic acids is 2. The molecule has 0 radical (unpaired) electrons. The van der Waals surface area contributed by atoms with Gasteiger partial charge in [-0.25, -0.2) is 0 Å². The highest BCUT2D eigenvalue weighted by molar-refractivity contribution is 6.32. The molecule has 2 N–H and O–H groups in total. The van der Waals surface area contributed by atoms with Gasteiger partial charge in [0.15, 0.2) is 5.75 Å². The van der Waals surface area contributed by atoms with Crippen LogP contribution in [0.15, 0.2) is 65.7 Å². The molecule has 2 amide bonds. The molecule has 162 valence electrons. The lowest BCUT2D eigenvalue weighted by Gasteiger charge is -2.18. The highest BCUT2D eigenvalue weighted by Gasteiger charge is 2.32. The van der Waals surface area contributed by atoms with E-state index in [0.717, 1.165) is 11.1 Å². The largest absolute Gasteiger partial charge is 0.454 e. The summed E-state index contributed by atoms with van der Waals surface area (Å²) in [4.78, 5) is 29.9. The summed E-state index contributed by atoms with van der Waals surface area (Å²) in [6.45, 7) is 6.05. The molecule has 0 saturated carbocycles. The van der Waals surface area contributed by atoms with Crippen molar-refractivity contribution >= 4 is 41.5 Å². The zero-order valence-corrected chi connectivity index (χ0v) is 18.3. The van der Waals surface area contributed by atoms with Gasteiger partial charge in [-0.3, -0.25) is 14.6 Å². The van der Waals surface area contributed by atoms with E-state index in [-0.39, 0.29) is 11.8 Å². The first-order chi connectivity index (χ1) is 15.4. The molecule has 0 unspecified atom stereocenters. The van der Waals surface area contributed by atoms with E-state index < -0.39 is 5.91 Å². The molecular formula is C25H22ClN3O3. The summed E-state index contributed by atoms with van der Waals surface area (Å²) in [5, 5.41) is 0.458. The van der Waals surface area contributed by atoms with Crippen molar-refractivity contribution in [2.45, 2.75) is 19.3 Å². The van der Waals surface area contributed by atoms with E-state index in [0.29, 0.717) is 46.4 Å². The van der Waals surface area contributed by atoms with Crippen molar-refractivity contribution < 1.29 is 14.3 Å². The quantitative estimate of drug-likeness (QED) is 0.514. The third kappa shape index (κ3) is 4.36. The molecule has 3 aromatic rings. The minimum absolute atomic E-state index is 0.0225. The van der Waals surface area contributed by atoms with Crippen LogP contribution in [-0.2, 0) is 4.79 Å². The first-order valence-corrected chi connectivity index (χ1v) is 10.5. The third-order valence-electron chi connectivity index (χ3n) is 5.50. The Morgan fingerprint density at radius 1 is 1.16 bits per heavy atom. The molecule has 1 atom stereocenters. The molecule has 7 heteroatoms. The Hall–Kier alpha value is -3.64. The Labute approximate surface area is 191 Å². The first-order valence-electron chi connectivity index (χ1n) is 10.1. The number of halogens is 1. The topological polar surface area (TPSA) is 85.0 Å². The molecule has 4 rings (SSSR count). The Kier molecular flexibility index (Phi) is 5.97. The number of nitrogens with zero attached hydrogens (tertiary/aromatic N) is 2. The van der Waals surface area contributed by atoms with Crippen LogP contribution < -0.4 is 15.4 Å². The summed E-state index contributed by atoms with van der Waals surface area (Å²) >= 11 is 6.39. The van der Waals surface area contributed by atoms with Gasteiger partial charge in [0.1, 0.15) is 11.4 Å². The Bertz CT molecular complexity index is 1220. The van der Waals surface area contributed by atoms with E-state index in [9.17, 15) is 9.59 Å². The Morgan fingerprint density at radius 3 is 2.72 bits per heavy atom. The van der Waals surface area contributed by atoms with Gasteiger partial charge in [-0.05, 0) is 67.2 Å². The van der Waals surface area contributed by atoms with Crippen LogP contribution in [0, 0.1) is 6.92 Å². The van der Waals surface area contributed by atoms with Gasteiger partial charge < -0.3 is 15.4 Å². The number of hydrogen-bond donors (Lipinski definition) is 1. The number of aliphatic imine (C=N–C) groups is 1. The summed E-state index contributed by atoms with van der Waals surface area (Å²) in [5.74, 6) is 0.440. The van der Waals surface area contributed by atoms with Crippen LogP contribution in [0.3, 0.4) is 0 Å². The van der Waals surface area contributed by atoms with Crippen molar-refractivity contribution in [3.05, 3.63) is 82.4 Å². The summed E-state index contributed by atoms with van der Waals surface area (Å²) in [7, 11) is 0. The molecule has 1 heterocycles. The van der Waals surface area contributed by atoms with Gasteiger partial charge in [-0.2, -0.15) is 0 Å². The minimum Gasteiger partial charge on any atom is -0.454 e. The summed E-state index contributed by atoms with van der Waals surface area (Å²) in [5.41, 5.74) is 9.01. The van der Waals surface area contributed by atoms with E-state index in [2.05, 4.69) is 11.7 Å². The molecule has 6 nitrogen and oxygen atoms in total. The molecular weight excluding hydrogens is 426 g/mol. The SMILES string of the molecule is C=Nc1cc(C)ccc1Oc1cc([C@H]2CC(=O)N(c3cccc(C(N)=O)c3)C2)ccc1Cl. The fraction of sp³-hybridized carbons (Fsp3) is 0.160. The van der Waals surface area contributed by atoms with Crippen LogP contribution in [0.2, 0.25) is 5.02 Å². The molecule has 0 aromatic heterocycles. The molecule has 1 saturated heterocycles. The van der Waals surface area contributed by atoms with Crippen LogP contribution in [0.1, 0.15) is 33.8 Å². The van der Waals surface area contributed by atoms with Gasteiger partial charge in [-0.15, -0.1) is 0 Å². The number of benzene rings is 3. The van der Waals surface area contributed by atoms with Crippen molar-refractivity contribution in [3.8, 4) is 11.5 Å². The van der Waals surface area contributed by atoms with Gasteiger partial charge >= 0.3 is 0 Å². The van der Waals surface area contributed by atoms with E-state index in [1.807, 2.05) is 37.3 Å². The lowest BCUT2D eigenvalue weighted by atomic mass is 9.98. The van der Waals surface area contributed by atoms with E-state index in [1.54, 1.807) is 35.2 Å². The molecule has 3 aromatic carbocycles. The van der Waals surface area contributed by atoms with E-state index >= 15 is 0 Å². The number of nitrogens with two attached hydrogens (primary N) is 1. The van der Waals surface area contributed by atoms with Crippen molar-refractivity contribution in [3.63, 3.8) is 0 Å². The van der Waals surface area contributed by atoms with Gasteiger partial charge in [-0.1, -0.05) is 29.8 Å². The standard InChI is InChI=1S/C25H22ClN3O3/c1-15-6-9-22(21(10-15)28-2)32-23-12-16(7-8-20(23)26)18-13-24(30)29(14-18)19-5-3-4-17(11-19)25(27)31/h3-12,18H,2,13-14H2,1H3,(H2,27,31)/t18-/m0/s1. The second-order valence-corrected chi connectivity index (χ2v) is 8.15. The first kappa shape index (κ1) is 21.6. The van der Waals surface area contributed by atoms with Crippen molar-refractivity contribution in [2.24, 2.45) is 10.7 Å². The average Bonchev–Trinajstić information content (AvgIpc) is 3.18. The summed E-state index contributed by atoms with van der Waals surface area (Å²) in [6, 6.07) is 17.9. The zero-order chi connectivity index (χ0) is 22.8. The van der Waals surface area contributed by atoms with E-state index in [1.165, 1.54) is 0 Å². The Balaban J connectivity index is 1.59. The number of hydrogen-bond acceptors (Lipinski definition) is 4. The zero-order valence-electron chi connectivity index (χ0n) is 17.5. The number of anilines is 1. The highest BCUT2D eigenvalue weighted by atomic mass is 35.5. The second-order valence-electron chi connectivity index (χ2n) is 7.74. The van der Waals surface area contributed by atoms with Crippen LogP contribution in [0.25, 0.3) is 0 Å². The number of ether oxygens (including phenoxy) is 1. The van der Waals surface area contributed by atoms with Crippen LogP contribution in [0.4, 0.5) is 11.4 Å². The minimum atomic E-state index is -0.529. The van der Waals surface area contributed by atoms with Crippen molar-refractivity contribution in [1.82, 2.24) is 0 Å². The van der Waals surface area contributed by atoms with Crippen LogP contribution in [0.5, 0.6) is 11.5 Å². The number of carbonyl (C=O) groups is 2. The van der Waals surface area contributed by atoms with Gasteiger partial charge in [0, 0.05) is 30.1 Å². The third-order valence-corrected chi connectivity index (χ3v) is 5.81. The number of aryl methyl sites for hydroxylation is 1. The van der Waals surface area contributed by atoms with E-state index in [4.69, 9.17) is 22.1 Å². The normalized spacial score (nSPS) is 15.6. The summed E-state index contributed by atoms with van der Waals surface area (Å²) in [6.07, 6.45) is 0.339. The molecule has 32 heavy (non-hydrogen) atoms. The van der Waals surface area contributed by atoms with Gasteiger partial charge in [0.25, 0.3) is 0 Å². The van der Waals surface area contributed by atoms with Gasteiger partial charge in [0.2, 0.25) is 11.8 Å². The number of amides is 2. The maximum Gasteiger partial charge on any atom is 0.248 e. The van der Waals surface area contributed by atoms with Crippen molar-refractivity contribution in [1.29, 1.82) is 0 Å². The molecule has 1 aliphatic rings. The van der Waals surface area contributed by atoms with Crippen LogP contribution >= 0.6 is 11.6 Å². The lowest BCUT2D eigenvalue weighted by Crippen LogP contribution is -2.24. The van der Waals surface area contributed by atoms with Crippen LogP contribution in [-0.4, -0.2) is 25.1 Å². The second kappa shape index (κ2) is 8.85. The fourth-order valence-corrected chi connectivity index (χ4v) is 3.97. The smallest absolute Gasteiger partial charge is 0.248 e. The average molecular weight is 448 g/mol. The predicted octanol–water partition coefficient (Wildman–Crippen LogP) is 5.39. The maximum absolute atomic E-state index is 12.7. The highest BCUT2D eigenvalue weighted by Crippen LogP contribution is 2.39. The monoisotopic (exact) mass is 447 g/mol. The van der Waals surface area contributed by atoms with Crippen molar-refractivity contribution in [2.75, 3.05) is 11.4 Å². The maximum atomic E-state index is 12.7. The number of rotatable bonds is 6. The molecule has 1 fully saturated rings. The lowest BCUT2D eigenvalue weighted by molar-refractivity contribution is -0.117. The Morgan fingerprint density at radius 2 is 1.97 bits per heavy atom. The molecule has 0 spiro atoms. The van der Waals surface area contributed by atoms with Gasteiger partial charge in [0.05, 0.1) is 5.02 Å². The predicted molar refractivity (Wildman–Crippen MR) is 127 cm³/mol. The molecule has 0 bridgehead atoms. The molecule has 0 aliphatic carbocycles. The fourth-order valence-electron chi connectivity index (χ4n) is 3.82.